The predicted molar refractivity (Wildman–Crippen MR) is 98.5 cm³/mol. The molecule has 1 fully saturated rings. The van der Waals surface area contributed by atoms with Crippen molar-refractivity contribution in [1.29, 1.82) is 0 Å². The zero-order valence-electron chi connectivity index (χ0n) is 14.5. The number of aromatic hydroxyl groups is 1. The molecule has 3 aromatic rings. The van der Waals surface area contributed by atoms with Crippen LogP contribution in [0.2, 0.25) is 0 Å². The van der Waals surface area contributed by atoms with E-state index in [4.69, 9.17) is 14.7 Å². The van der Waals surface area contributed by atoms with Crippen molar-refractivity contribution in [2.24, 2.45) is 0 Å². The molecule has 0 bridgehead atoms. The molecule has 2 aliphatic heterocycles. The van der Waals surface area contributed by atoms with Crippen LogP contribution in [0.3, 0.4) is 0 Å². The fourth-order valence-corrected chi connectivity index (χ4v) is 3.72. The number of fused-ring (bicyclic) bond motifs is 3. The number of nitrogens with one attached hydrogen (secondary N) is 1. The first kappa shape index (κ1) is 15.6. The first-order chi connectivity index (χ1) is 12.8. The van der Waals surface area contributed by atoms with E-state index in [0.29, 0.717) is 13.2 Å². The number of morpholine rings is 1. The first-order valence-electron chi connectivity index (χ1n) is 9.03. The number of nitrogens with zero attached hydrogens (tertiary/aromatic N) is 4. The molecular weight excluding hydrogens is 330 g/mol. The number of phenolic OH excluding ortho intramolecular Hbond substituents is 1. The maximum absolute atomic E-state index is 9.87. The van der Waals surface area contributed by atoms with Gasteiger partial charge in [-0.15, -0.1) is 0 Å². The second kappa shape index (κ2) is 6.26. The molecular formula is C19H21N5O2. The average Bonchev–Trinajstić information content (AvgIpc) is 3.06. The molecule has 0 aliphatic carbocycles. The van der Waals surface area contributed by atoms with Gasteiger partial charge in [-0.2, -0.15) is 0 Å². The minimum atomic E-state index is 0.242. The number of benzene rings is 1. The minimum Gasteiger partial charge on any atom is -0.508 e. The van der Waals surface area contributed by atoms with Crippen molar-refractivity contribution in [3.63, 3.8) is 0 Å². The zero-order valence-corrected chi connectivity index (χ0v) is 14.5. The topological polar surface area (TPSA) is 74.9 Å². The van der Waals surface area contributed by atoms with Crippen molar-refractivity contribution in [1.82, 2.24) is 19.7 Å². The van der Waals surface area contributed by atoms with Gasteiger partial charge in [0, 0.05) is 44.4 Å². The molecule has 7 heteroatoms. The molecule has 0 amide bonds. The monoisotopic (exact) mass is 351 g/mol. The van der Waals surface area contributed by atoms with E-state index in [1.807, 2.05) is 18.3 Å². The molecule has 134 valence electrons. The van der Waals surface area contributed by atoms with E-state index < -0.39 is 0 Å². The Hall–Kier alpha value is -2.64. The summed E-state index contributed by atoms with van der Waals surface area (Å²) < 4.78 is 7.67. The standard InChI is InChI=1S/C19H21N5O2/c25-14-3-1-2-13(10-14)16-12-24-17-11-20-5-4-15(17)21-19(24)18(22-16)23-6-8-26-9-7-23/h1-3,10,12,20,25H,4-9,11H2. The van der Waals surface area contributed by atoms with Gasteiger partial charge in [0.2, 0.25) is 0 Å². The third-order valence-corrected chi connectivity index (χ3v) is 5.05. The molecule has 26 heavy (non-hydrogen) atoms. The number of aromatic nitrogens is 3. The smallest absolute Gasteiger partial charge is 0.180 e. The van der Waals surface area contributed by atoms with E-state index in [9.17, 15) is 5.11 Å². The van der Waals surface area contributed by atoms with Gasteiger partial charge < -0.3 is 20.1 Å². The lowest BCUT2D eigenvalue weighted by atomic mass is 10.1. The lowest BCUT2D eigenvalue weighted by molar-refractivity contribution is 0.122. The first-order valence-corrected chi connectivity index (χ1v) is 9.03. The second-order valence-electron chi connectivity index (χ2n) is 6.73. The molecule has 0 radical (unpaired) electrons. The molecule has 1 saturated heterocycles. The Morgan fingerprint density at radius 2 is 2.04 bits per heavy atom. The van der Waals surface area contributed by atoms with Crippen LogP contribution in [-0.2, 0) is 17.7 Å². The summed E-state index contributed by atoms with van der Waals surface area (Å²) in [5, 5.41) is 13.3. The zero-order chi connectivity index (χ0) is 17.5. The Kier molecular flexibility index (Phi) is 3.76. The third kappa shape index (κ3) is 2.60. The van der Waals surface area contributed by atoms with Gasteiger partial charge in [0.05, 0.1) is 30.3 Å². The van der Waals surface area contributed by atoms with Crippen molar-refractivity contribution < 1.29 is 9.84 Å². The SMILES string of the molecule is Oc1cccc(-c2cn3c4c(nc3c(N3CCOCC3)n2)CCNC4)c1. The summed E-state index contributed by atoms with van der Waals surface area (Å²) in [5.74, 6) is 1.13. The van der Waals surface area contributed by atoms with E-state index in [0.717, 1.165) is 61.0 Å². The number of imidazole rings is 1. The van der Waals surface area contributed by atoms with Gasteiger partial charge in [0.25, 0.3) is 0 Å². The third-order valence-electron chi connectivity index (χ3n) is 5.05. The highest BCUT2D eigenvalue weighted by Gasteiger charge is 2.23. The van der Waals surface area contributed by atoms with Crippen LogP contribution < -0.4 is 10.2 Å². The Balaban J connectivity index is 1.73. The molecule has 7 nitrogen and oxygen atoms in total. The van der Waals surface area contributed by atoms with E-state index in [1.54, 1.807) is 12.1 Å². The van der Waals surface area contributed by atoms with Crippen LogP contribution in [0.4, 0.5) is 5.82 Å². The van der Waals surface area contributed by atoms with Gasteiger partial charge in [-0.3, -0.25) is 4.40 Å². The highest BCUT2D eigenvalue weighted by molar-refractivity contribution is 5.72. The Morgan fingerprint density at radius 1 is 1.15 bits per heavy atom. The van der Waals surface area contributed by atoms with Crippen molar-refractivity contribution in [2.45, 2.75) is 13.0 Å². The van der Waals surface area contributed by atoms with Gasteiger partial charge >= 0.3 is 0 Å². The van der Waals surface area contributed by atoms with Crippen LogP contribution in [0, 0.1) is 0 Å². The molecule has 4 heterocycles. The fourth-order valence-electron chi connectivity index (χ4n) is 3.72. The summed E-state index contributed by atoms with van der Waals surface area (Å²) in [6.07, 6.45) is 2.97. The molecule has 2 N–H and O–H groups in total. The molecule has 2 aromatic heterocycles. The quantitative estimate of drug-likeness (QED) is 0.730. The Morgan fingerprint density at radius 3 is 2.88 bits per heavy atom. The molecule has 0 saturated carbocycles. The van der Waals surface area contributed by atoms with Gasteiger partial charge in [0.15, 0.2) is 11.5 Å². The largest absolute Gasteiger partial charge is 0.508 e. The van der Waals surface area contributed by atoms with E-state index in [1.165, 1.54) is 5.69 Å². The number of rotatable bonds is 2. The normalized spacial score (nSPS) is 17.5. The summed E-state index contributed by atoms with van der Waals surface area (Å²) in [6.45, 7) is 4.78. The van der Waals surface area contributed by atoms with E-state index in [2.05, 4.69) is 14.6 Å². The van der Waals surface area contributed by atoms with Crippen LogP contribution in [0.25, 0.3) is 16.9 Å². The molecule has 0 atom stereocenters. The van der Waals surface area contributed by atoms with E-state index in [-0.39, 0.29) is 5.75 Å². The van der Waals surface area contributed by atoms with Crippen molar-refractivity contribution in [2.75, 3.05) is 37.7 Å². The van der Waals surface area contributed by atoms with Crippen molar-refractivity contribution in [3.05, 3.63) is 41.9 Å². The Bertz CT molecular complexity index is 962. The van der Waals surface area contributed by atoms with Crippen LogP contribution in [0.5, 0.6) is 5.75 Å². The van der Waals surface area contributed by atoms with Gasteiger partial charge in [0.1, 0.15) is 5.75 Å². The van der Waals surface area contributed by atoms with Crippen LogP contribution in [0.15, 0.2) is 30.5 Å². The van der Waals surface area contributed by atoms with Crippen LogP contribution in [0.1, 0.15) is 11.4 Å². The van der Waals surface area contributed by atoms with Gasteiger partial charge in [-0.05, 0) is 12.1 Å². The number of hydrogen-bond donors (Lipinski definition) is 2. The highest BCUT2D eigenvalue weighted by atomic mass is 16.5. The maximum Gasteiger partial charge on any atom is 0.180 e. The summed E-state index contributed by atoms with van der Waals surface area (Å²) in [5.41, 5.74) is 4.98. The lowest BCUT2D eigenvalue weighted by Crippen LogP contribution is -2.37. The molecule has 0 unspecified atom stereocenters. The van der Waals surface area contributed by atoms with Gasteiger partial charge in [-0.25, -0.2) is 9.97 Å². The minimum absolute atomic E-state index is 0.242. The molecule has 2 aliphatic rings. The summed E-state index contributed by atoms with van der Waals surface area (Å²) in [4.78, 5) is 12.1. The van der Waals surface area contributed by atoms with Crippen molar-refractivity contribution in [3.8, 4) is 17.0 Å². The summed E-state index contributed by atoms with van der Waals surface area (Å²) in [7, 11) is 0. The van der Waals surface area contributed by atoms with Crippen LogP contribution in [-0.4, -0.2) is 52.3 Å². The number of anilines is 1. The van der Waals surface area contributed by atoms with E-state index >= 15 is 0 Å². The maximum atomic E-state index is 9.87. The predicted octanol–water partition coefficient (Wildman–Crippen LogP) is 1.58. The Labute approximate surface area is 151 Å². The second-order valence-corrected chi connectivity index (χ2v) is 6.73. The van der Waals surface area contributed by atoms with Gasteiger partial charge in [-0.1, -0.05) is 12.1 Å². The van der Waals surface area contributed by atoms with Crippen LogP contribution >= 0.6 is 0 Å². The fraction of sp³-hybridized carbons (Fsp3) is 0.368. The van der Waals surface area contributed by atoms with Crippen molar-refractivity contribution >= 4 is 11.5 Å². The number of ether oxygens (including phenoxy) is 1. The molecule has 0 spiro atoms. The number of hydrogen-bond acceptors (Lipinski definition) is 6. The summed E-state index contributed by atoms with van der Waals surface area (Å²) >= 11 is 0. The molecule has 5 rings (SSSR count). The average molecular weight is 351 g/mol. The lowest BCUT2D eigenvalue weighted by Gasteiger charge is -2.28. The summed E-state index contributed by atoms with van der Waals surface area (Å²) in [6, 6.07) is 7.24. The number of phenols is 1. The molecule has 1 aromatic carbocycles. The highest BCUT2D eigenvalue weighted by Crippen LogP contribution is 2.29.